The van der Waals surface area contributed by atoms with Gasteiger partial charge in [-0.2, -0.15) is 10.3 Å². The highest BCUT2D eigenvalue weighted by Crippen LogP contribution is 2.31. The summed E-state index contributed by atoms with van der Waals surface area (Å²) in [6.45, 7) is 5.96. The Morgan fingerprint density at radius 2 is 2.29 bits per heavy atom. The molecule has 1 aliphatic carbocycles. The molecule has 0 amide bonds. The molecule has 2 heterocycles. The summed E-state index contributed by atoms with van der Waals surface area (Å²) >= 11 is 0. The molecule has 110 valence electrons. The zero-order chi connectivity index (χ0) is 14.8. The Morgan fingerprint density at radius 1 is 1.48 bits per heavy atom. The van der Waals surface area contributed by atoms with Crippen LogP contribution in [0.4, 0.5) is 0 Å². The highest BCUT2D eigenvalue weighted by molar-refractivity contribution is 5.93. The number of aromatic amines is 1. The summed E-state index contributed by atoms with van der Waals surface area (Å²) in [6, 6.07) is 2.08. The summed E-state index contributed by atoms with van der Waals surface area (Å²) in [4.78, 5) is 12.0. The first-order chi connectivity index (χ1) is 10.3. The van der Waals surface area contributed by atoms with E-state index in [1.165, 1.54) is 24.1 Å². The molecule has 0 aliphatic heterocycles. The van der Waals surface area contributed by atoms with Gasteiger partial charge in [0.25, 0.3) is 0 Å². The molecule has 3 rings (SSSR count). The number of carbonyl (C=O) groups is 1. The molecule has 2 aromatic heterocycles. The van der Waals surface area contributed by atoms with Gasteiger partial charge < -0.3 is 9.30 Å². The molecular weight excluding hydrogens is 268 g/mol. The minimum atomic E-state index is -0.462. The van der Waals surface area contributed by atoms with E-state index in [1.807, 2.05) is 4.57 Å². The summed E-state index contributed by atoms with van der Waals surface area (Å²) in [5.74, 6) is -0.462. The predicted octanol–water partition coefficient (Wildman–Crippen LogP) is 2.43. The molecule has 0 saturated heterocycles. The van der Waals surface area contributed by atoms with E-state index in [2.05, 4.69) is 28.1 Å². The minimum absolute atomic E-state index is 0.217. The third kappa shape index (κ3) is 2.26. The molecule has 1 N–H and O–H groups in total. The Labute approximate surface area is 122 Å². The average Bonchev–Trinajstić information content (AvgIpc) is 3.11. The van der Waals surface area contributed by atoms with E-state index in [0.29, 0.717) is 12.3 Å². The van der Waals surface area contributed by atoms with Crippen LogP contribution in [-0.2, 0) is 17.6 Å². The SMILES string of the molecule is C=Cn1c(-c2n[nH]nc2C(=O)OCC)cc2c1CCCC2. The first kappa shape index (κ1) is 13.6. The molecule has 2 aromatic rings. The van der Waals surface area contributed by atoms with Crippen LogP contribution >= 0.6 is 0 Å². The molecule has 6 nitrogen and oxygen atoms in total. The number of fused-ring (bicyclic) bond motifs is 1. The zero-order valence-corrected chi connectivity index (χ0v) is 12.1. The molecule has 0 saturated carbocycles. The Bertz CT molecular complexity index is 684. The maximum atomic E-state index is 12.0. The molecule has 0 fully saturated rings. The second-order valence-electron chi connectivity index (χ2n) is 5.00. The van der Waals surface area contributed by atoms with E-state index in [4.69, 9.17) is 4.74 Å². The van der Waals surface area contributed by atoms with E-state index >= 15 is 0 Å². The number of aromatic nitrogens is 4. The van der Waals surface area contributed by atoms with Gasteiger partial charge in [0.1, 0.15) is 5.69 Å². The van der Waals surface area contributed by atoms with Gasteiger partial charge in [0, 0.05) is 11.9 Å². The van der Waals surface area contributed by atoms with Gasteiger partial charge in [-0.1, -0.05) is 6.58 Å². The van der Waals surface area contributed by atoms with Crippen molar-refractivity contribution in [1.29, 1.82) is 0 Å². The highest BCUT2D eigenvalue weighted by atomic mass is 16.5. The van der Waals surface area contributed by atoms with Gasteiger partial charge in [0.15, 0.2) is 5.69 Å². The van der Waals surface area contributed by atoms with Crippen LogP contribution in [0.5, 0.6) is 0 Å². The van der Waals surface area contributed by atoms with Gasteiger partial charge in [0.05, 0.1) is 12.3 Å². The van der Waals surface area contributed by atoms with Crippen molar-refractivity contribution in [3.05, 3.63) is 29.6 Å². The lowest BCUT2D eigenvalue weighted by Crippen LogP contribution is -2.08. The molecule has 0 unspecified atom stereocenters. The average molecular weight is 286 g/mol. The summed E-state index contributed by atoms with van der Waals surface area (Å²) in [7, 11) is 0. The van der Waals surface area contributed by atoms with Crippen molar-refractivity contribution in [2.45, 2.75) is 32.6 Å². The van der Waals surface area contributed by atoms with E-state index in [-0.39, 0.29) is 5.69 Å². The summed E-state index contributed by atoms with van der Waals surface area (Å²) in [5, 5.41) is 10.6. The smallest absolute Gasteiger partial charge is 0.361 e. The van der Waals surface area contributed by atoms with Crippen molar-refractivity contribution in [1.82, 2.24) is 20.0 Å². The van der Waals surface area contributed by atoms with Gasteiger partial charge in [-0.15, -0.1) is 5.10 Å². The lowest BCUT2D eigenvalue weighted by molar-refractivity contribution is 0.0520. The van der Waals surface area contributed by atoms with Crippen molar-refractivity contribution in [3.8, 4) is 11.4 Å². The maximum Gasteiger partial charge on any atom is 0.361 e. The molecule has 0 bridgehead atoms. The van der Waals surface area contributed by atoms with Crippen LogP contribution < -0.4 is 0 Å². The number of ether oxygens (including phenoxy) is 1. The monoisotopic (exact) mass is 286 g/mol. The van der Waals surface area contributed by atoms with Crippen molar-refractivity contribution >= 4 is 12.2 Å². The molecule has 0 aromatic carbocycles. The number of hydrogen-bond acceptors (Lipinski definition) is 4. The van der Waals surface area contributed by atoms with Gasteiger partial charge in [-0.05, 0) is 44.2 Å². The second kappa shape index (κ2) is 5.55. The summed E-state index contributed by atoms with van der Waals surface area (Å²) in [5.41, 5.74) is 4.13. The van der Waals surface area contributed by atoms with Crippen molar-refractivity contribution in [3.63, 3.8) is 0 Å². The topological polar surface area (TPSA) is 72.8 Å². The largest absolute Gasteiger partial charge is 0.461 e. The van der Waals surface area contributed by atoms with E-state index in [1.54, 1.807) is 13.1 Å². The first-order valence-electron chi connectivity index (χ1n) is 7.20. The number of hydrogen-bond donors (Lipinski definition) is 1. The molecular formula is C15H18N4O2. The fourth-order valence-corrected chi connectivity index (χ4v) is 2.87. The third-order valence-corrected chi connectivity index (χ3v) is 3.78. The fourth-order valence-electron chi connectivity index (χ4n) is 2.87. The highest BCUT2D eigenvalue weighted by Gasteiger charge is 2.24. The number of rotatable bonds is 4. The van der Waals surface area contributed by atoms with E-state index in [9.17, 15) is 4.79 Å². The maximum absolute atomic E-state index is 12.0. The summed E-state index contributed by atoms with van der Waals surface area (Å²) in [6.07, 6.45) is 6.21. The van der Waals surface area contributed by atoms with Crippen LogP contribution in [0.1, 0.15) is 41.5 Å². The van der Waals surface area contributed by atoms with Crippen LogP contribution in [0.25, 0.3) is 17.6 Å². The molecule has 1 aliphatic rings. The lowest BCUT2D eigenvalue weighted by atomic mass is 9.98. The molecule has 21 heavy (non-hydrogen) atoms. The number of aryl methyl sites for hydroxylation is 1. The van der Waals surface area contributed by atoms with Crippen LogP contribution in [0.15, 0.2) is 12.6 Å². The predicted molar refractivity (Wildman–Crippen MR) is 78.8 cm³/mol. The Hall–Kier alpha value is -2.37. The van der Waals surface area contributed by atoms with Crippen LogP contribution in [-0.4, -0.2) is 32.6 Å². The molecule has 0 radical (unpaired) electrons. The van der Waals surface area contributed by atoms with Gasteiger partial charge in [0.2, 0.25) is 0 Å². The lowest BCUT2D eigenvalue weighted by Gasteiger charge is -2.13. The van der Waals surface area contributed by atoms with Gasteiger partial charge in [-0.3, -0.25) is 0 Å². The van der Waals surface area contributed by atoms with Crippen LogP contribution in [0, 0.1) is 0 Å². The quantitative estimate of drug-likeness (QED) is 0.876. The van der Waals surface area contributed by atoms with Crippen molar-refractivity contribution in [2.75, 3.05) is 6.61 Å². The normalized spacial score (nSPS) is 13.8. The number of nitrogens with one attached hydrogen (secondary N) is 1. The summed E-state index contributed by atoms with van der Waals surface area (Å²) < 4.78 is 7.04. The third-order valence-electron chi connectivity index (χ3n) is 3.78. The second-order valence-corrected chi connectivity index (χ2v) is 5.00. The number of H-pyrrole nitrogens is 1. The zero-order valence-electron chi connectivity index (χ0n) is 12.1. The fraction of sp³-hybridized carbons (Fsp3) is 0.400. The van der Waals surface area contributed by atoms with Crippen LogP contribution in [0.3, 0.4) is 0 Å². The Kier molecular flexibility index (Phi) is 3.60. The number of esters is 1. The molecule has 0 atom stereocenters. The minimum Gasteiger partial charge on any atom is -0.461 e. The standard InChI is InChI=1S/C15H18N4O2/c1-3-19-11-8-6-5-7-10(11)9-12(19)13-14(17-18-16-13)15(20)21-4-2/h3,9H,1,4-8H2,2H3,(H,16,17,18). The number of nitrogens with zero attached hydrogens (tertiary/aromatic N) is 3. The van der Waals surface area contributed by atoms with Crippen LogP contribution in [0.2, 0.25) is 0 Å². The number of carbonyl (C=O) groups excluding carboxylic acids is 1. The Balaban J connectivity index is 2.09. The first-order valence-corrected chi connectivity index (χ1v) is 7.20. The van der Waals surface area contributed by atoms with E-state index < -0.39 is 5.97 Å². The molecule has 6 heteroatoms. The van der Waals surface area contributed by atoms with Crippen molar-refractivity contribution in [2.24, 2.45) is 0 Å². The van der Waals surface area contributed by atoms with Gasteiger partial charge >= 0.3 is 5.97 Å². The molecule has 0 spiro atoms. The van der Waals surface area contributed by atoms with E-state index in [0.717, 1.165) is 18.5 Å². The van der Waals surface area contributed by atoms with Gasteiger partial charge in [-0.25, -0.2) is 4.79 Å². The van der Waals surface area contributed by atoms with Crippen molar-refractivity contribution < 1.29 is 9.53 Å². The Morgan fingerprint density at radius 3 is 3.05 bits per heavy atom.